The number of anilines is 1. The number of fused-ring (bicyclic) bond motifs is 2. The molecule has 5 rings (SSSR count). The number of carbonyl (C=O) groups is 2. The molecule has 0 saturated heterocycles. The first-order valence-corrected chi connectivity index (χ1v) is 10.9. The molecule has 0 fully saturated rings. The second-order valence-corrected chi connectivity index (χ2v) is 8.54. The third-order valence-corrected chi connectivity index (χ3v) is 6.51. The van der Waals surface area contributed by atoms with Gasteiger partial charge in [0, 0.05) is 11.1 Å². The van der Waals surface area contributed by atoms with Gasteiger partial charge in [-0.05, 0) is 54.5 Å². The molecule has 0 bridgehead atoms. The Labute approximate surface area is 182 Å². The van der Waals surface area contributed by atoms with Gasteiger partial charge in [-0.3, -0.25) is 9.59 Å². The van der Waals surface area contributed by atoms with Crippen molar-refractivity contribution in [3.63, 3.8) is 0 Å². The lowest BCUT2D eigenvalue weighted by Crippen LogP contribution is -2.41. The summed E-state index contributed by atoms with van der Waals surface area (Å²) in [6, 6.07) is 22.7. The molecule has 4 heteroatoms. The molecule has 0 spiro atoms. The predicted molar refractivity (Wildman–Crippen MR) is 120 cm³/mol. The van der Waals surface area contributed by atoms with Crippen LogP contribution in [-0.2, 0) is 29.8 Å². The van der Waals surface area contributed by atoms with E-state index in [0.717, 1.165) is 24.8 Å². The lowest BCUT2D eigenvalue weighted by Gasteiger charge is -2.23. The van der Waals surface area contributed by atoms with Crippen molar-refractivity contribution in [3.8, 4) is 0 Å². The van der Waals surface area contributed by atoms with Crippen molar-refractivity contribution in [2.24, 2.45) is 0 Å². The molecule has 0 radical (unpaired) electrons. The van der Waals surface area contributed by atoms with Gasteiger partial charge < -0.3 is 10.0 Å². The standard InChI is InChI=1S/C27H25NO3/c29-25(22-15-14-20-10-4-5-11-21(20)16-22)17-27(31)23-12-6-7-13-24(23)28(26(27)30)18-19-8-2-1-3-9-19/h1-3,6-9,12-16,31H,4-5,10-11,17-18H2/t27-/m0/s1. The zero-order valence-corrected chi connectivity index (χ0v) is 17.4. The second-order valence-electron chi connectivity index (χ2n) is 8.54. The Morgan fingerprint density at radius 3 is 2.42 bits per heavy atom. The van der Waals surface area contributed by atoms with E-state index in [1.165, 1.54) is 17.5 Å². The molecule has 0 aromatic heterocycles. The fourth-order valence-electron chi connectivity index (χ4n) is 4.84. The lowest BCUT2D eigenvalue weighted by atomic mass is 9.85. The van der Waals surface area contributed by atoms with E-state index < -0.39 is 11.5 Å². The van der Waals surface area contributed by atoms with Gasteiger partial charge in [-0.1, -0.05) is 60.7 Å². The van der Waals surface area contributed by atoms with Crippen molar-refractivity contribution < 1.29 is 14.7 Å². The maximum Gasteiger partial charge on any atom is 0.264 e. The largest absolute Gasteiger partial charge is 0.375 e. The Kier molecular flexibility index (Phi) is 4.95. The zero-order valence-electron chi connectivity index (χ0n) is 17.4. The number of hydrogen-bond donors (Lipinski definition) is 1. The molecule has 0 unspecified atom stereocenters. The van der Waals surface area contributed by atoms with Crippen LogP contribution >= 0.6 is 0 Å². The van der Waals surface area contributed by atoms with Crippen molar-refractivity contribution >= 4 is 17.4 Å². The molecular weight excluding hydrogens is 386 g/mol. The Morgan fingerprint density at radius 1 is 0.903 bits per heavy atom. The van der Waals surface area contributed by atoms with Crippen LogP contribution < -0.4 is 4.90 Å². The van der Waals surface area contributed by atoms with Gasteiger partial charge in [0.2, 0.25) is 0 Å². The fourth-order valence-corrected chi connectivity index (χ4v) is 4.84. The van der Waals surface area contributed by atoms with E-state index in [4.69, 9.17) is 0 Å². The molecule has 3 aromatic rings. The van der Waals surface area contributed by atoms with Gasteiger partial charge in [-0.2, -0.15) is 0 Å². The summed E-state index contributed by atoms with van der Waals surface area (Å²) in [5.74, 6) is -0.649. The minimum atomic E-state index is -1.85. The van der Waals surface area contributed by atoms with E-state index in [-0.39, 0.29) is 12.2 Å². The minimum Gasteiger partial charge on any atom is -0.375 e. The third kappa shape index (κ3) is 3.47. The predicted octanol–water partition coefficient (Wildman–Crippen LogP) is 4.57. The van der Waals surface area contributed by atoms with Crippen LogP contribution in [0.25, 0.3) is 0 Å². The quantitative estimate of drug-likeness (QED) is 0.626. The van der Waals surface area contributed by atoms with Gasteiger partial charge in [-0.25, -0.2) is 0 Å². The van der Waals surface area contributed by atoms with Crippen molar-refractivity contribution in [3.05, 3.63) is 101 Å². The number of carbonyl (C=O) groups excluding carboxylic acids is 2. The number of amides is 1. The summed E-state index contributed by atoms with van der Waals surface area (Å²) in [4.78, 5) is 28.2. The average Bonchev–Trinajstić information content (AvgIpc) is 3.01. The van der Waals surface area contributed by atoms with Crippen LogP contribution in [0.4, 0.5) is 5.69 Å². The van der Waals surface area contributed by atoms with E-state index in [1.807, 2.05) is 60.7 Å². The third-order valence-electron chi connectivity index (χ3n) is 6.51. The number of ketones is 1. The molecule has 1 amide bonds. The van der Waals surface area contributed by atoms with Gasteiger partial charge in [0.25, 0.3) is 5.91 Å². The van der Waals surface area contributed by atoms with Crippen LogP contribution in [0.2, 0.25) is 0 Å². The topological polar surface area (TPSA) is 57.6 Å². The Morgan fingerprint density at radius 2 is 1.61 bits per heavy atom. The van der Waals surface area contributed by atoms with Crippen LogP contribution in [0.3, 0.4) is 0 Å². The molecule has 1 atom stereocenters. The van der Waals surface area contributed by atoms with E-state index in [9.17, 15) is 14.7 Å². The molecule has 1 aliphatic heterocycles. The minimum absolute atomic E-state index is 0.208. The number of para-hydroxylation sites is 1. The fraction of sp³-hybridized carbons (Fsp3) is 0.259. The first kappa shape index (κ1) is 19.7. The summed E-state index contributed by atoms with van der Waals surface area (Å²) < 4.78 is 0. The molecule has 1 aliphatic carbocycles. The van der Waals surface area contributed by atoms with Gasteiger partial charge in [-0.15, -0.1) is 0 Å². The van der Waals surface area contributed by atoms with Gasteiger partial charge in [0.15, 0.2) is 11.4 Å². The van der Waals surface area contributed by atoms with Crippen molar-refractivity contribution in [1.82, 2.24) is 0 Å². The number of rotatable bonds is 5. The van der Waals surface area contributed by atoms with Crippen LogP contribution in [0, 0.1) is 0 Å². The summed E-state index contributed by atoms with van der Waals surface area (Å²) in [7, 11) is 0. The summed E-state index contributed by atoms with van der Waals surface area (Å²) in [5.41, 5.74) is 3.38. The van der Waals surface area contributed by atoms with Crippen LogP contribution in [0.5, 0.6) is 0 Å². The number of aryl methyl sites for hydroxylation is 2. The highest BCUT2D eigenvalue weighted by molar-refractivity contribution is 6.10. The Hall–Kier alpha value is -3.24. The normalized spacial score (nSPS) is 19.8. The van der Waals surface area contributed by atoms with Crippen molar-refractivity contribution in [2.75, 3.05) is 4.90 Å². The Bertz CT molecular complexity index is 1150. The van der Waals surface area contributed by atoms with Crippen molar-refractivity contribution in [2.45, 2.75) is 44.2 Å². The zero-order chi connectivity index (χ0) is 21.4. The smallest absolute Gasteiger partial charge is 0.264 e. The number of hydrogen-bond acceptors (Lipinski definition) is 3. The molecule has 31 heavy (non-hydrogen) atoms. The molecule has 1 heterocycles. The first-order valence-electron chi connectivity index (χ1n) is 10.9. The maximum absolute atomic E-state index is 13.4. The highest BCUT2D eigenvalue weighted by Crippen LogP contribution is 2.43. The summed E-state index contributed by atoms with van der Waals surface area (Å²) in [6.07, 6.45) is 4.09. The summed E-state index contributed by atoms with van der Waals surface area (Å²) >= 11 is 0. The number of benzene rings is 3. The highest BCUT2D eigenvalue weighted by Gasteiger charge is 2.50. The van der Waals surface area contributed by atoms with Crippen LogP contribution in [0.1, 0.15) is 51.9 Å². The molecule has 1 N–H and O–H groups in total. The van der Waals surface area contributed by atoms with E-state index in [0.29, 0.717) is 23.4 Å². The molecule has 4 nitrogen and oxygen atoms in total. The highest BCUT2D eigenvalue weighted by atomic mass is 16.3. The van der Waals surface area contributed by atoms with E-state index in [1.54, 1.807) is 17.0 Å². The Balaban J connectivity index is 1.45. The first-order chi connectivity index (χ1) is 15.1. The average molecular weight is 412 g/mol. The SMILES string of the molecule is O=C(C[C@@]1(O)C(=O)N(Cc2ccccc2)c2ccccc21)c1ccc2c(c1)CCCC2. The molecule has 2 aliphatic rings. The lowest BCUT2D eigenvalue weighted by molar-refractivity contribution is -0.136. The van der Waals surface area contributed by atoms with Gasteiger partial charge >= 0.3 is 0 Å². The summed E-state index contributed by atoms with van der Waals surface area (Å²) in [5, 5.41) is 11.5. The van der Waals surface area contributed by atoms with E-state index >= 15 is 0 Å². The molecule has 156 valence electrons. The molecule has 3 aromatic carbocycles. The maximum atomic E-state index is 13.4. The molecular formula is C27H25NO3. The van der Waals surface area contributed by atoms with Crippen LogP contribution in [0.15, 0.2) is 72.8 Å². The van der Waals surface area contributed by atoms with Crippen LogP contribution in [-0.4, -0.2) is 16.8 Å². The van der Waals surface area contributed by atoms with E-state index in [2.05, 4.69) is 0 Å². The van der Waals surface area contributed by atoms with Gasteiger partial charge in [0.05, 0.1) is 18.7 Å². The van der Waals surface area contributed by atoms with Gasteiger partial charge in [0.1, 0.15) is 0 Å². The second kappa shape index (κ2) is 7.78. The number of Topliss-reactive ketones (excluding diaryl/α,β-unsaturated/α-hetero) is 1. The molecule has 0 saturated carbocycles. The number of nitrogens with zero attached hydrogens (tertiary/aromatic N) is 1. The number of aliphatic hydroxyl groups is 1. The monoisotopic (exact) mass is 411 g/mol. The summed E-state index contributed by atoms with van der Waals surface area (Å²) in [6.45, 7) is 0.353. The van der Waals surface area contributed by atoms with Crippen molar-refractivity contribution in [1.29, 1.82) is 0 Å².